The minimum atomic E-state index is -0.885. The van der Waals surface area contributed by atoms with Crippen molar-refractivity contribution in [1.82, 2.24) is 9.13 Å². The van der Waals surface area contributed by atoms with Gasteiger partial charge >= 0.3 is 5.97 Å². The summed E-state index contributed by atoms with van der Waals surface area (Å²) in [5.74, 6) is -0.885. The average Bonchev–Trinajstić information content (AvgIpc) is 2.90. The molecule has 0 saturated heterocycles. The Morgan fingerprint density at radius 2 is 1.90 bits per heavy atom. The lowest BCUT2D eigenvalue weighted by Crippen LogP contribution is -1.99. The molecule has 0 fully saturated rings. The van der Waals surface area contributed by atoms with Gasteiger partial charge in [-0.3, -0.25) is 0 Å². The molecule has 3 rings (SSSR count). The zero-order valence-electron chi connectivity index (χ0n) is 11.7. The molecule has 2 aromatic heterocycles. The fourth-order valence-electron chi connectivity index (χ4n) is 2.72. The minimum Gasteiger partial charge on any atom is -0.478 e. The van der Waals surface area contributed by atoms with Gasteiger partial charge in [-0.05, 0) is 19.1 Å². The maximum Gasteiger partial charge on any atom is 0.337 e. The molecule has 1 N–H and O–H groups in total. The van der Waals surface area contributed by atoms with Crippen LogP contribution in [0.15, 0.2) is 36.5 Å². The molecule has 0 saturated carbocycles. The van der Waals surface area contributed by atoms with Gasteiger partial charge < -0.3 is 14.2 Å². The van der Waals surface area contributed by atoms with Crippen molar-refractivity contribution in [3.8, 4) is 11.3 Å². The number of carboxylic acid groups (broad SMARTS) is 1. The van der Waals surface area contributed by atoms with Gasteiger partial charge in [0.2, 0.25) is 0 Å². The van der Waals surface area contributed by atoms with E-state index in [1.165, 1.54) is 0 Å². The number of aryl methyl sites for hydroxylation is 1. The fraction of sp³-hybridized carbons (Fsp3) is 0.188. The number of nitrogens with zero attached hydrogens (tertiary/aromatic N) is 2. The number of aromatic nitrogens is 2. The first-order chi connectivity index (χ1) is 9.50. The lowest BCUT2D eigenvalue weighted by atomic mass is 10.1. The van der Waals surface area contributed by atoms with Crippen molar-refractivity contribution < 1.29 is 9.90 Å². The predicted molar refractivity (Wildman–Crippen MR) is 79.0 cm³/mol. The highest BCUT2D eigenvalue weighted by Gasteiger charge is 2.18. The van der Waals surface area contributed by atoms with Crippen LogP contribution in [0.1, 0.15) is 16.1 Å². The predicted octanol–water partition coefficient (Wildman–Crippen LogP) is 3.19. The SMILES string of the molecule is Cc1c(C(=O)O)cc(-c2cn(C)c3ccccc23)n1C. The van der Waals surface area contributed by atoms with Gasteiger partial charge in [0.05, 0.1) is 11.3 Å². The zero-order chi connectivity index (χ0) is 14.4. The van der Waals surface area contributed by atoms with Crippen LogP contribution >= 0.6 is 0 Å². The van der Waals surface area contributed by atoms with Gasteiger partial charge in [0.25, 0.3) is 0 Å². The standard InChI is InChI=1S/C16H16N2O2/c1-10-12(16(19)20)8-15(18(10)3)13-9-17(2)14-7-5-4-6-11(13)14/h4-9H,1-3H3,(H,19,20). The Morgan fingerprint density at radius 3 is 2.55 bits per heavy atom. The Kier molecular flexibility index (Phi) is 2.67. The number of para-hydroxylation sites is 1. The quantitative estimate of drug-likeness (QED) is 0.776. The highest BCUT2D eigenvalue weighted by atomic mass is 16.4. The maximum atomic E-state index is 11.3. The van der Waals surface area contributed by atoms with E-state index in [-0.39, 0.29) is 0 Å². The van der Waals surface area contributed by atoms with Crippen LogP contribution in [0.4, 0.5) is 0 Å². The van der Waals surface area contributed by atoms with Crippen molar-refractivity contribution in [2.24, 2.45) is 14.1 Å². The molecular formula is C16H16N2O2. The van der Waals surface area contributed by atoms with Gasteiger partial charge in [-0.15, -0.1) is 0 Å². The highest BCUT2D eigenvalue weighted by Crippen LogP contribution is 2.32. The van der Waals surface area contributed by atoms with Crippen LogP contribution in [0.5, 0.6) is 0 Å². The molecule has 20 heavy (non-hydrogen) atoms. The van der Waals surface area contributed by atoms with Crippen molar-refractivity contribution in [2.45, 2.75) is 6.92 Å². The molecule has 102 valence electrons. The number of carboxylic acids is 1. The van der Waals surface area contributed by atoms with Crippen LogP contribution in [-0.4, -0.2) is 20.2 Å². The van der Waals surface area contributed by atoms with E-state index in [1.54, 1.807) is 6.07 Å². The first kappa shape index (κ1) is 12.5. The molecule has 0 aliphatic heterocycles. The Balaban J connectivity index is 2.32. The number of carbonyl (C=O) groups is 1. The van der Waals surface area contributed by atoms with E-state index in [0.29, 0.717) is 5.56 Å². The molecular weight excluding hydrogens is 252 g/mol. The topological polar surface area (TPSA) is 47.2 Å². The first-order valence-electron chi connectivity index (χ1n) is 6.44. The van der Waals surface area contributed by atoms with Crippen LogP contribution in [0.2, 0.25) is 0 Å². The van der Waals surface area contributed by atoms with Crippen molar-refractivity contribution >= 4 is 16.9 Å². The Morgan fingerprint density at radius 1 is 1.20 bits per heavy atom. The normalized spacial score (nSPS) is 11.2. The molecule has 0 bridgehead atoms. The summed E-state index contributed by atoms with van der Waals surface area (Å²) in [6, 6.07) is 9.88. The summed E-state index contributed by atoms with van der Waals surface area (Å²) >= 11 is 0. The number of fused-ring (bicyclic) bond motifs is 1. The van der Waals surface area contributed by atoms with E-state index < -0.39 is 5.97 Å². The van der Waals surface area contributed by atoms with Crippen LogP contribution in [0, 0.1) is 6.92 Å². The summed E-state index contributed by atoms with van der Waals surface area (Å²) in [5, 5.41) is 10.4. The number of hydrogen-bond acceptors (Lipinski definition) is 1. The number of rotatable bonds is 2. The molecule has 0 unspecified atom stereocenters. The fourth-order valence-corrected chi connectivity index (χ4v) is 2.72. The lowest BCUT2D eigenvalue weighted by molar-refractivity contribution is 0.0696. The maximum absolute atomic E-state index is 11.3. The highest BCUT2D eigenvalue weighted by molar-refractivity contribution is 5.98. The molecule has 4 nitrogen and oxygen atoms in total. The first-order valence-corrected chi connectivity index (χ1v) is 6.44. The second kappa shape index (κ2) is 4.27. The summed E-state index contributed by atoms with van der Waals surface area (Å²) in [7, 11) is 3.90. The third-order valence-electron chi connectivity index (χ3n) is 3.94. The third kappa shape index (κ3) is 1.65. The van der Waals surface area contributed by atoms with Crippen LogP contribution in [-0.2, 0) is 14.1 Å². The van der Waals surface area contributed by atoms with E-state index in [1.807, 2.05) is 43.9 Å². The second-order valence-electron chi connectivity index (χ2n) is 5.06. The van der Waals surface area contributed by atoms with Crippen molar-refractivity contribution in [3.63, 3.8) is 0 Å². The van der Waals surface area contributed by atoms with Crippen molar-refractivity contribution in [3.05, 3.63) is 47.8 Å². The smallest absolute Gasteiger partial charge is 0.337 e. The zero-order valence-corrected chi connectivity index (χ0v) is 11.7. The summed E-state index contributed by atoms with van der Waals surface area (Å²) in [6.45, 7) is 1.83. The number of benzene rings is 1. The van der Waals surface area contributed by atoms with Crippen LogP contribution in [0.3, 0.4) is 0 Å². The Labute approximate surface area is 116 Å². The van der Waals surface area contributed by atoms with E-state index in [9.17, 15) is 9.90 Å². The third-order valence-corrected chi connectivity index (χ3v) is 3.94. The molecule has 0 amide bonds. The molecule has 4 heteroatoms. The Bertz CT molecular complexity index is 824. The van der Waals surface area contributed by atoms with Crippen molar-refractivity contribution in [1.29, 1.82) is 0 Å². The van der Waals surface area contributed by atoms with Crippen LogP contribution < -0.4 is 0 Å². The molecule has 0 aliphatic carbocycles. The van der Waals surface area contributed by atoms with Gasteiger partial charge in [0.1, 0.15) is 0 Å². The molecule has 0 aliphatic rings. The van der Waals surface area contributed by atoms with Gasteiger partial charge in [-0.2, -0.15) is 0 Å². The number of aromatic carboxylic acids is 1. The van der Waals surface area contributed by atoms with E-state index in [2.05, 4.69) is 16.7 Å². The van der Waals surface area contributed by atoms with Crippen molar-refractivity contribution in [2.75, 3.05) is 0 Å². The molecule has 3 aromatic rings. The Hall–Kier alpha value is -2.49. The minimum absolute atomic E-state index is 0.357. The second-order valence-corrected chi connectivity index (χ2v) is 5.06. The summed E-state index contributed by atoms with van der Waals surface area (Å²) < 4.78 is 4.00. The van der Waals surface area contributed by atoms with Gasteiger partial charge in [-0.1, -0.05) is 18.2 Å². The van der Waals surface area contributed by atoms with E-state index in [4.69, 9.17) is 0 Å². The van der Waals surface area contributed by atoms with Gasteiger partial charge in [0, 0.05) is 42.5 Å². The lowest BCUT2D eigenvalue weighted by Gasteiger charge is -2.03. The summed E-state index contributed by atoms with van der Waals surface area (Å²) in [6.07, 6.45) is 2.05. The number of hydrogen-bond donors (Lipinski definition) is 1. The summed E-state index contributed by atoms with van der Waals surface area (Å²) in [4.78, 5) is 11.3. The molecule has 2 heterocycles. The monoisotopic (exact) mass is 268 g/mol. The molecule has 0 spiro atoms. The van der Waals surface area contributed by atoms with Gasteiger partial charge in [-0.25, -0.2) is 4.79 Å². The van der Waals surface area contributed by atoms with Gasteiger partial charge in [0.15, 0.2) is 0 Å². The molecule has 1 aromatic carbocycles. The van der Waals surface area contributed by atoms with E-state index >= 15 is 0 Å². The van der Waals surface area contributed by atoms with Crippen LogP contribution in [0.25, 0.3) is 22.2 Å². The largest absolute Gasteiger partial charge is 0.478 e. The summed E-state index contributed by atoms with van der Waals surface area (Å²) in [5.41, 5.74) is 4.24. The molecule has 0 atom stereocenters. The van der Waals surface area contributed by atoms with E-state index in [0.717, 1.165) is 27.9 Å². The average molecular weight is 268 g/mol. The molecule has 0 radical (unpaired) electrons.